The van der Waals surface area contributed by atoms with Crippen molar-refractivity contribution in [3.05, 3.63) is 266 Å². The number of alkyl halides is 6. The maximum atomic E-state index is 15.6. The third-order valence-electron chi connectivity index (χ3n) is 15.2. The van der Waals surface area contributed by atoms with E-state index in [-0.39, 0.29) is 62.4 Å². The van der Waals surface area contributed by atoms with Crippen LogP contribution in [0.15, 0.2) is 176 Å². The number of nitrogens with zero attached hydrogens (tertiary/aromatic N) is 11. The molecular formula is C71H29F6N11. The fraction of sp³-hybridized carbons (Fsp3) is 0.0282. The number of rotatable bonds is 7. The molecule has 410 valence electrons. The minimum Gasteiger partial charge on any atom is -0.308 e. The van der Waals surface area contributed by atoms with Crippen molar-refractivity contribution in [3.8, 4) is 91.3 Å². The van der Waals surface area contributed by atoms with E-state index in [2.05, 4.69) is 48.5 Å². The summed E-state index contributed by atoms with van der Waals surface area (Å²) in [5.74, 6) is 0. The van der Waals surface area contributed by atoms with Crippen molar-refractivity contribution in [2.24, 2.45) is 0 Å². The van der Waals surface area contributed by atoms with E-state index in [0.29, 0.717) is 100 Å². The van der Waals surface area contributed by atoms with Crippen LogP contribution in [0.25, 0.3) is 135 Å². The number of fused-ring (bicyclic) bond motifs is 6. The SMILES string of the molecule is [C-]#[N+]c1cc(C#N)cc(-c2ccc3c4ccc(-c5cc([N+]#[C-])cc([N+]#[C-])c5)cc4n(-c4cc([N+]#[C-])c(-c5ccc(C(F)(F)F)cc5C(F)(F)F)cc4-n4c5cc(-c6cc(C#N)cc(C#N)c6)ccc5c5ccc(-c6cc(C#N)cc([N+]#[C-])c6)cc54)c3c2)c1. The largest absolute Gasteiger partial charge is 0.416 e. The second-order valence-corrected chi connectivity index (χ2v) is 20.3. The lowest BCUT2D eigenvalue weighted by molar-refractivity contribution is -0.142. The highest BCUT2D eigenvalue weighted by Crippen LogP contribution is 2.49. The summed E-state index contributed by atoms with van der Waals surface area (Å²) in [7, 11) is 0. The standard InChI is InChI=1S/C71H29F6N11/c1-82-52-21-41(37-80)19-48(23-52)44-7-12-58-57-11-6-43(47-17-39(35-78)16-40(18-47)36-79)27-64(57)87(65(58)28-44)68-33-61(56-15-10-51(70(72,73)74)31-62(56)71(75,76)77)63(86-5)34-69(68)88-66-29-45(49-20-42(38-81)22-53(24-49)83-2)8-13-59(66)60-14-9-46(30-67(60)88)50-25-54(84-3)32-55(26-50)85-4/h6-34H. The molecule has 88 heavy (non-hydrogen) atoms. The first-order valence-corrected chi connectivity index (χ1v) is 26.1. The highest BCUT2D eigenvalue weighted by Gasteiger charge is 2.39. The zero-order valence-corrected chi connectivity index (χ0v) is 44.9. The van der Waals surface area contributed by atoms with Crippen LogP contribution in [-0.2, 0) is 12.4 Å². The molecule has 0 spiro atoms. The first kappa shape index (κ1) is 55.3. The van der Waals surface area contributed by atoms with Crippen LogP contribution in [0.1, 0.15) is 33.4 Å². The highest BCUT2D eigenvalue weighted by molar-refractivity contribution is 6.14. The van der Waals surface area contributed by atoms with Gasteiger partial charge in [-0.15, -0.1) is 0 Å². The Labute approximate surface area is 496 Å². The predicted molar refractivity (Wildman–Crippen MR) is 322 cm³/mol. The van der Waals surface area contributed by atoms with Gasteiger partial charge in [0.25, 0.3) is 0 Å². The predicted octanol–water partition coefficient (Wildman–Crippen LogP) is 20.5. The Morgan fingerprint density at radius 3 is 1.02 bits per heavy atom. The van der Waals surface area contributed by atoms with Crippen LogP contribution in [0.3, 0.4) is 0 Å². The number of hydrogen-bond donors (Lipinski definition) is 0. The number of aromatic nitrogens is 2. The van der Waals surface area contributed by atoms with Gasteiger partial charge in [0.15, 0.2) is 28.4 Å². The van der Waals surface area contributed by atoms with E-state index in [0.717, 1.165) is 0 Å². The molecule has 0 atom stereocenters. The smallest absolute Gasteiger partial charge is 0.308 e. The summed E-state index contributed by atoms with van der Waals surface area (Å²) in [6, 6.07) is 52.2. The molecule has 2 aromatic heterocycles. The summed E-state index contributed by atoms with van der Waals surface area (Å²) in [5.41, 5.74) is 2.06. The van der Waals surface area contributed by atoms with Crippen molar-refractivity contribution in [2.75, 3.05) is 0 Å². The fourth-order valence-electron chi connectivity index (χ4n) is 11.3. The van der Waals surface area contributed by atoms with E-state index in [4.69, 9.17) is 32.9 Å². The molecule has 12 aromatic rings. The van der Waals surface area contributed by atoms with Gasteiger partial charge in [0.05, 0.1) is 113 Å². The first-order chi connectivity index (χ1) is 42.4. The summed E-state index contributed by atoms with van der Waals surface area (Å²) >= 11 is 0. The van der Waals surface area contributed by atoms with Crippen molar-refractivity contribution >= 4 is 72.0 Å². The van der Waals surface area contributed by atoms with E-state index in [1.165, 1.54) is 36.4 Å². The second kappa shape index (κ2) is 21.2. The molecule has 17 heteroatoms. The van der Waals surface area contributed by atoms with Gasteiger partial charge in [-0.2, -0.15) is 47.4 Å². The van der Waals surface area contributed by atoms with Crippen LogP contribution in [0, 0.1) is 78.2 Å². The lowest BCUT2D eigenvalue weighted by Crippen LogP contribution is -2.12. The summed E-state index contributed by atoms with van der Waals surface area (Å²) in [4.78, 5) is 18.2. The van der Waals surface area contributed by atoms with Gasteiger partial charge in [0, 0.05) is 32.7 Å². The number of halogens is 6. The molecule has 0 aliphatic carbocycles. The van der Waals surface area contributed by atoms with Gasteiger partial charge in [-0.25, -0.2) is 24.2 Å². The molecule has 0 N–H and O–H groups in total. The molecule has 0 bridgehead atoms. The van der Waals surface area contributed by atoms with Crippen LogP contribution in [-0.4, -0.2) is 9.13 Å². The maximum absolute atomic E-state index is 15.6. The lowest BCUT2D eigenvalue weighted by atomic mass is 9.94. The van der Waals surface area contributed by atoms with Crippen molar-refractivity contribution in [3.63, 3.8) is 0 Å². The topological polar surface area (TPSA) is 127 Å². The van der Waals surface area contributed by atoms with Crippen LogP contribution in [0.2, 0.25) is 0 Å². The normalized spacial score (nSPS) is 11.2. The third kappa shape index (κ3) is 9.59. The van der Waals surface area contributed by atoms with Gasteiger partial charge < -0.3 is 9.13 Å². The highest BCUT2D eigenvalue weighted by atomic mass is 19.4. The molecule has 2 heterocycles. The molecule has 0 saturated heterocycles. The Kier molecular flexibility index (Phi) is 13.3. The van der Waals surface area contributed by atoms with E-state index < -0.39 is 40.3 Å². The molecule has 0 fully saturated rings. The van der Waals surface area contributed by atoms with Crippen LogP contribution in [0.4, 0.5) is 54.8 Å². The van der Waals surface area contributed by atoms with E-state index >= 15 is 13.2 Å². The Bertz CT molecular complexity index is 5110. The number of nitriles is 4. The quantitative estimate of drug-likeness (QED) is 0.116. The van der Waals surface area contributed by atoms with Crippen LogP contribution >= 0.6 is 0 Å². The Hall–Kier alpha value is -13.2. The fourth-order valence-corrected chi connectivity index (χ4v) is 11.3. The Balaban J connectivity index is 1.30. The molecule has 0 amide bonds. The van der Waals surface area contributed by atoms with Gasteiger partial charge in [-0.1, -0.05) is 72.8 Å². The molecule has 0 saturated carbocycles. The van der Waals surface area contributed by atoms with Crippen molar-refractivity contribution in [1.29, 1.82) is 21.0 Å². The molecule has 11 nitrogen and oxygen atoms in total. The van der Waals surface area contributed by atoms with Crippen molar-refractivity contribution in [2.45, 2.75) is 12.4 Å². The molecule has 10 aromatic carbocycles. The lowest BCUT2D eigenvalue weighted by Gasteiger charge is -2.22. The zero-order chi connectivity index (χ0) is 61.9. The molecule has 0 aliphatic heterocycles. The zero-order valence-electron chi connectivity index (χ0n) is 44.9. The number of benzene rings is 10. The van der Waals surface area contributed by atoms with Crippen LogP contribution in [0.5, 0.6) is 0 Å². The summed E-state index contributed by atoms with van der Waals surface area (Å²) < 4.78 is 93.4. The van der Waals surface area contributed by atoms with Crippen molar-refractivity contribution < 1.29 is 26.3 Å². The van der Waals surface area contributed by atoms with Gasteiger partial charge >= 0.3 is 12.4 Å². The summed E-state index contributed by atoms with van der Waals surface area (Å²) in [5, 5.41) is 42.7. The Morgan fingerprint density at radius 1 is 0.318 bits per heavy atom. The van der Waals surface area contributed by atoms with Gasteiger partial charge in [0.2, 0.25) is 0 Å². The molecule has 0 unspecified atom stereocenters. The summed E-state index contributed by atoms with van der Waals surface area (Å²) in [6.45, 7) is 40.2. The third-order valence-corrected chi connectivity index (χ3v) is 15.2. The second-order valence-electron chi connectivity index (χ2n) is 20.3. The van der Waals surface area contributed by atoms with Gasteiger partial charge in [-0.05, 0) is 159 Å². The molecular weight excluding hydrogens is 1120 g/mol. The monoisotopic (exact) mass is 1150 g/mol. The maximum Gasteiger partial charge on any atom is 0.416 e. The molecule has 12 rings (SSSR count). The summed E-state index contributed by atoms with van der Waals surface area (Å²) in [6.07, 6.45) is -10.6. The van der Waals surface area contributed by atoms with Crippen molar-refractivity contribution in [1.82, 2.24) is 9.13 Å². The van der Waals surface area contributed by atoms with E-state index in [1.54, 1.807) is 118 Å². The van der Waals surface area contributed by atoms with Gasteiger partial charge in [0.1, 0.15) is 0 Å². The average Bonchev–Trinajstić information content (AvgIpc) is 1.63. The first-order valence-electron chi connectivity index (χ1n) is 26.1. The molecule has 0 aliphatic rings. The minimum atomic E-state index is -5.40. The average molecular weight is 1150 g/mol. The van der Waals surface area contributed by atoms with E-state index in [9.17, 15) is 34.2 Å². The van der Waals surface area contributed by atoms with Gasteiger partial charge in [-0.3, -0.25) is 0 Å². The minimum absolute atomic E-state index is 0.00639. The van der Waals surface area contributed by atoms with Crippen LogP contribution < -0.4 is 0 Å². The molecule has 0 radical (unpaired) electrons. The Morgan fingerprint density at radius 2 is 0.670 bits per heavy atom. The van der Waals surface area contributed by atoms with E-state index in [1.807, 2.05) is 12.1 Å². The number of hydrogen-bond acceptors (Lipinski definition) is 4.